The Morgan fingerprint density at radius 1 is 1.24 bits per heavy atom. The van der Waals surface area contributed by atoms with E-state index in [0.717, 1.165) is 37.3 Å². The predicted octanol–water partition coefficient (Wildman–Crippen LogP) is 2.42. The number of carbonyl (C=O) groups is 1. The molecule has 0 aliphatic carbocycles. The van der Waals surface area contributed by atoms with Crippen LogP contribution >= 0.6 is 0 Å². The van der Waals surface area contributed by atoms with Gasteiger partial charge in [-0.2, -0.15) is 0 Å². The quantitative estimate of drug-likeness (QED) is 0.875. The molecule has 1 atom stereocenters. The van der Waals surface area contributed by atoms with Crippen molar-refractivity contribution in [1.29, 1.82) is 0 Å². The summed E-state index contributed by atoms with van der Waals surface area (Å²) in [5.41, 5.74) is 1.91. The summed E-state index contributed by atoms with van der Waals surface area (Å²) in [4.78, 5) is 26.8. The summed E-state index contributed by atoms with van der Waals surface area (Å²) in [7, 11) is 0. The van der Waals surface area contributed by atoms with Gasteiger partial charge in [0.15, 0.2) is 5.82 Å². The minimum atomic E-state index is 0.0425. The van der Waals surface area contributed by atoms with Crippen LogP contribution in [0, 0.1) is 0 Å². The Bertz CT molecular complexity index is 674. The number of piperidine rings is 1. The first kappa shape index (κ1) is 17.5. The van der Waals surface area contributed by atoms with Crippen molar-refractivity contribution in [3.63, 3.8) is 0 Å². The van der Waals surface area contributed by atoms with Crippen molar-refractivity contribution in [2.24, 2.45) is 0 Å². The van der Waals surface area contributed by atoms with E-state index in [1.807, 2.05) is 30.6 Å². The topological polar surface area (TPSA) is 71.0 Å². The first-order valence-corrected chi connectivity index (χ1v) is 8.93. The number of carbonyl (C=O) groups excluding carboxylic acids is 1. The van der Waals surface area contributed by atoms with Gasteiger partial charge < -0.3 is 5.32 Å². The number of nitrogens with zero attached hydrogens (tertiary/aromatic N) is 4. The summed E-state index contributed by atoms with van der Waals surface area (Å²) in [6, 6.07) is 6.25. The molecule has 0 bridgehead atoms. The highest BCUT2D eigenvalue weighted by Crippen LogP contribution is 2.21. The third kappa shape index (κ3) is 5.06. The van der Waals surface area contributed by atoms with E-state index in [1.165, 1.54) is 19.3 Å². The number of likely N-dealkylation sites (tertiary alicyclic amines) is 1. The van der Waals surface area contributed by atoms with Gasteiger partial charge in [-0.25, -0.2) is 9.97 Å². The van der Waals surface area contributed by atoms with Gasteiger partial charge in [0.2, 0.25) is 5.91 Å². The van der Waals surface area contributed by atoms with Gasteiger partial charge in [-0.1, -0.05) is 12.5 Å². The lowest BCUT2D eigenvalue weighted by molar-refractivity contribution is -0.119. The molecule has 1 aliphatic heterocycles. The zero-order valence-electron chi connectivity index (χ0n) is 14.7. The molecule has 0 spiro atoms. The highest BCUT2D eigenvalue weighted by Gasteiger charge is 2.22. The largest absolute Gasteiger partial charge is 0.356 e. The molecule has 2 aromatic rings. The lowest BCUT2D eigenvalue weighted by Crippen LogP contribution is -2.41. The second-order valence-electron chi connectivity index (χ2n) is 6.52. The molecule has 1 unspecified atom stereocenters. The second kappa shape index (κ2) is 8.67. The molecule has 2 aromatic heterocycles. The lowest BCUT2D eigenvalue weighted by atomic mass is 9.99. The summed E-state index contributed by atoms with van der Waals surface area (Å²) in [5.74, 6) is 0.700. The van der Waals surface area contributed by atoms with Crippen LogP contribution in [0.5, 0.6) is 0 Å². The molecule has 6 heteroatoms. The highest BCUT2D eigenvalue weighted by atomic mass is 16.1. The van der Waals surface area contributed by atoms with Gasteiger partial charge in [0.05, 0.1) is 0 Å². The molecular formula is C19H25N5O. The van der Waals surface area contributed by atoms with Crippen LogP contribution in [0.25, 0.3) is 11.5 Å². The molecular weight excluding hydrogens is 314 g/mol. The number of nitrogens with one attached hydrogen (secondary N) is 1. The molecule has 1 saturated heterocycles. The molecule has 0 radical (unpaired) electrons. The van der Waals surface area contributed by atoms with Crippen LogP contribution in [-0.2, 0) is 11.3 Å². The van der Waals surface area contributed by atoms with Crippen LogP contribution in [0.1, 0.15) is 38.2 Å². The number of aromatic nitrogens is 3. The Morgan fingerprint density at radius 3 is 2.80 bits per heavy atom. The van der Waals surface area contributed by atoms with E-state index in [-0.39, 0.29) is 5.91 Å². The minimum absolute atomic E-state index is 0.0425. The van der Waals surface area contributed by atoms with Crippen molar-refractivity contribution < 1.29 is 4.79 Å². The average molecular weight is 339 g/mol. The zero-order valence-corrected chi connectivity index (χ0v) is 14.7. The maximum atomic E-state index is 11.1. The van der Waals surface area contributed by atoms with E-state index >= 15 is 0 Å². The Hall–Kier alpha value is -2.34. The normalized spacial score (nSPS) is 18.0. The summed E-state index contributed by atoms with van der Waals surface area (Å²) in [6.45, 7) is 4.25. The molecule has 3 heterocycles. The Morgan fingerprint density at radius 2 is 2.08 bits per heavy atom. The third-order valence-electron chi connectivity index (χ3n) is 4.59. The van der Waals surface area contributed by atoms with Crippen molar-refractivity contribution >= 4 is 5.91 Å². The molecule has 0 saturated carbocycles. The summed E-state index contributed by atoms with van der Waals surface area (Å²) >= 11 is 0. The van der Waals surface area contributed by atoms with Gasteiger partial charge >= 0.3 is 0 Å². The molecule has 0 aromatic carbocycles. The summed E-state index contributed by atoms with van der Waals surface area (Å²) < 4.78 is 0. The van der Waals surface area contributed by atoms with Crippen LogP contribution in [-0.4, -0.2) is 44.9 Å². The van der Waals surface area contributed by atoms with E-state index in [1.54, 1.807) is 13.1 Å². The standard InChI is InChI=1S/C19H25N5O/c1-15(25)20-10-8-17-6-3-5-11-24(17)14-16-12-22-19(23-13-16)18-7-2-4-9-21-18/h2,4,7,9,12-13,17H,3,5-6,8,10-11,14H2,1H3,(H,20,25). The van der Waals surface area contributed by atoms with E-state index in [0.29, 0.717) is 11.9 Å². The fraction of sp³-hybridized carbons (Fsp3) is 0.474. The van der Waals surface area contributed by atoms with E-state index in [4.69, 9.17) is 0 Å². The molecule has 6 nitrogen and oxygen atoms in total. The number of hydrogen-bond donors (Lipinski definition) is 1. The first-order valence-electron chi connectivity index (χ1n) is 8.93. The van der Waals surface area contributed by atoms with Gasteiger partial charge in [0, 0.05) is 50.2 Å². The fourth-order valence-electron chi connectivity index (χ4n) is 3.31. The Labute approximate surface area is 148 Å². The zero-order chi connectivity index (χ0) is 17.5. The fourth-order valence-corrected chi connectivity index (χ4v) is 3.31. The second-order valence-corrected chi connectivity index (χ2v) is 6.52. The average Bonchev–Trinajstić information content (AvgIpc) is 2.64. The smallest absolute Gasteiger partial charge is 0.216 e. The third-order valence-corrected chi connectivity index (χ3v) is 4.59. The molecule has 1 N–H and O–H groups in total. The van der Waals surface area contributed by atoms with E-state index < -0.39 is 0 Å². The molecule has 1 fully saturated rings. The molecule has 1 amide bonds. The summed E-state index contributed by atoms with van der Waals surface area (Å²) in [6.07, 6.45) is 10.2. The van der Waals surface area contributed by atoms with Crippen molar-refractivity contribution in [1.82, 2.24) is 25.2 Å². The predicted molar refractivity (Wildman–Crippen MR) is 96.6 cm³/mol. The molecule has 132 valence electrons. The SMILES string of the molecule is CC(=O)NCCC1CCCCN1Cc1cnc(-c2ccccn2)nc1. The number of rotatable bonds is 6. The van der Waals surface area contributed by atoms with Gasteiger partial charge in [0.1, 0.15) is 5.69 Å². The molecule has 25 heavy (non-hydrogen) atoms. The Kier molecular flexibility index (Phi) is 6.06. The van der Waals surface area contributed by atoms with Crippen LogP contribution in [0.4, 0.5) is 0 Å². The van der Waals surface area contributed by atoms with Gasteiger partial charge in [-0.15, -0.1) is 0 Å². The number of pyridine rings is 1. The number of hydrogen-bond acceptors (Lipinski definition) is 5. The maximum Gasteiger partial charge on any atom is 0.216 e. The van der Waals surface area contributed by atoms with Gasteiger partial charge in [-0.3, -0.25) is 14.7 Å². The molecule has 3 rings (SSSR count). The van der Waals surface area contributed by atoms with Crippen molar-refractivity contribution in [2.45, 2.75) is 45.2 Å². The Balaban J connectivity index is 1.60. The highest BCUT2D eigenvalue weighted by molar-refractivity contribution is 5.72. The van der Waals surface area contributed by atoms with Crippen molar-refractivity contribution in [3.8, 4) is 11.5 Å². The van der Waals surface area contributed by atoms with E-state index in [9.17, 15) is 4.79 Å². The minimum Gasteiger partial charge on any atom is -0.356 e. The summed E-state index contributed by atoms with van der Waals surface area (Å²) in [5, 5.41) is 2.91. The van der Waals surface area contributed by atoms with Gasteiger partial charge in [0.25, 0.3) is 0 Å². The van der Waals surface area contributed by atoms with Crippen LogP contribution in [0.15, 0.2) is 36.8 Å². The van der Waals surface area contributed by atoms with Crippen LogP contribution < -0.4 is 5.32 Å². The van der Waals surface area contributed by atoms with Crippen molar-refractivity contribution in [2.75, 3.05) is 13.1 Å². The van der Waals surface area contributed by atoms with E-state index in [2.05, 4.69) is 25.2 Å². The monoisotopic (exact) mass is 339 g/mol. The van der Waals surface area contributed by atoms with Crippen LogP contribution in [0.2, 0.25) is 0 Å². The first-order chi connectivity index (χ1) is 12.2. The maximum absolute atomic E-state index is 11.1. The number of amides is 1. The lowest BCUT2D eigenvalue weighted by Gasteiger charge is -2.35. The van der Waals surface area contributed by atoms with Crippen molar-refractivity contribution in [3.05, 3.63) is 42.4 Å². The molecule has 1 aliphatic rings. The van der Waals surface area contributed by atoms with Gasteiger partial charge in [-0.05, 0) is 37.9 Å². The van der Waals surface area contributed by atoms with Crippen LogP contribution in [0.3, 0.4) is 0 Å².